The van der Waals surface area contributed by atoms with E-state index in [1.54, 1.807) is 12.4 Å². The van der Waals surface area contributed by atoms with Crippen LogP contribution in [0, 0.1) is 0 Å². The number of carbonyl (C=O) groups is 4. The number of amides is 2. The van der Waals surface area contributed by atoms with Crippen molar-refractivity contribution in [1.82, 2.24) is 25.4 Å². The smallest absolute Gasteiger partial charge is 0.352 e. The van der Waals surface area contributed by atoms with Crippen LogP contribution in [0.25, 0.3) is 0 Å². The molecule has 1 fully saturated rings. The third kappa shape index (κ3) is 6.03. The maximum Gasteiger partial charge on any atom is 0.352 e. The zero-order chi connectivity index (χ0) is 26.5. The van der Waals surface area contributed by atoms with Gasteiger partial charge in [0.05, 0.1) is 6.61 Å². The maximum atomic E-state index is 13.1. The van der Waals surface area contributed by atoms with Gasteiger partial charge >= 0.3 is 11.9 Å². The van der Waals surface area contributed by atoms with Crippen molar-refractivity contribution in [3.05, 3.63) is 27.9 Å². The number of aromatic nitrogens is 3. The Kier molecular flexibility index (Phi) is 8.62. The maximum absolute atomic E-state index is 13.1. The van der Waals surface area contributed by atoms with Crippen LogP contribution in [0.4, 0.5) is 5.13 Å². The number of esters is 1. The monoisotopic (exact) mass is 585 g/mol. The lowest BCUT2D eigenvalue weighted by Crippen LogP contribution is -2.71. The van der Waals surface area contributed by atoms with E-state index in [2.05, 4.69) is 25.7 Å². The molecule has 0 aromatic carbocycles. The average molecular weight is 586 g/mol. The fourth-order valence-electron chi connectivity index (χ4n) is 3.33. The molecule has 37 heavy (non-hydrogen) atoms. The number of nitrogens with two attached hydrogens (primary N) is 1. The molecule has 196 valence electrons. The van der Waals surface area contributed by atoms with Crippen molar-refractivity contribution in [2.75, 3.05) is 30.5 Å². The van der Waals surface area contributed by atoms with Crippen molar-refractivity contribution >= 4 is 80.8 Å². The van der Waals surface area contributed by atoms with Gasteiger partial charge in [0.1, 0.15) is 28.3 Å². The molecule has 4 N–H and O–H groups in total. The lowest BCUT2D eigenvalue weighted by Gasteiger charge is -2.49. The molecule has 1 saturated heterocycles. The van der Waals surface area contributed by atoms with Crippen molar-refractivity contribution in [3.63, 3.8) is 0 Å². The second-order valence-electron chi connectivity index (χ2n) is 7.20. The minimum Gasteiger partial charge on any atom is -0.477 e. The normalized spacial score (nSPS) is 19.2. The van der Waals surface area contributed by atoms with Gasteiger partial charge in [-0.1, -0.05) is 28.3 Å². The molecular formula is C19H19N7O7S4. The van der Waals surface area contributed by atoms with Crippen molar-refractivity contribution in [1.29, 1.82) is 0 Å². The van der Waals surface area contributed by atoms with Crippen LogP contribution in [0.15, 0.2) is 31.7 Å². The highest BCUT2D eigenvalue weighted by atomic mass is 32.2. The summed E-state index contributed by atoms with van der Waals surface area (Å²) in [6.45, 7) is 1.24. The van der Waals surface area contributed by atoms with Gasteiger partial charge in [0.15, 0.2) is 15.2 Å². The van der Waals surface area contributed by atoms with Gasteiger partial charge in [-0.2, -0.15) is 0 Å². The third-order valence-corrected chi connectivity index (χ3v) is 8.83. The van der Waals surface area contributed by atoms with Crippen LogP contribution in [0.3, 0.4) is 0 Å². The number of fused-ring (bicyclic) bond motifs is 1. The first-order valence-corrected chi connectivity index (χ1v) is 14.3. The zero-order valence-electron chi connectivity index (χ0n) is 19.0. The van der Waals surface area contributed by atoms with E-state index in [0.29, 0.717) is 21.4 Å². The van der Waals surface area contributed by atoms with E-state index < -0.39 is 41.8 Å². The number of carboxylic acid groups (broad SMARTS) is 1. The van der Waals surface area contributed by atoms with Crippen LogP contribution in [0.5, 0.6) is 0 Å². The van der Waals surface area contributed by atoms with Gasteiger partial charge in [-0.25, -0.2) is 14.6 Å². The van der Waals surface area contributed by atoms with Crippen LogP contribution in [0.2, 0.25) is 0 Å². The summed E-state index contributed by atoms with van der Waals surface area (Å²) in [7, 11) is 0. The Labute approximate surface area is 225 Å². The van der Waals surface area contributed by atoms with Gasteiger partial charge in [0.2, 0.25) is 6.61 Å². The molecule has 4 rings (SSSR count). The number of thiazole rings is 1. The average Bonchev–Trinajstić information content (AvgIpc) is 3.55. The van der Waals surface area contributed by atoms with Gasteiger partial charge in [-0.15, -0.1) is 33.3 Å². The summed E-state index contributed by atoms with van der Waals surface area (Å²) in [5.41, 5.74) is 7.50. The molecule has 14 nitrogen and oxygen atoms in total. The number of ether oxygens (including phenoxy) is 1. The highest BCUT2D eigenvalue weighted by molar-refractivity contribution is 8.01. The van der Waals surface area contributed by atoms with Crippen molar-refractivity contribution in [2.45, 2.75) is 22.7 Å². The number of hydrogen-bond donors (Lipinski definition) is 3. The van der Waals surface area contributed by atoms with E-state index in [1.807, 2.05) is 0 Å². The van der Waals surface area contributed by atoms with Gasteiger partial charge in [-0.05, 0) is 12.5 Å². The van der Waals surface area contributed by atoms with E-state index in [1.165, 1.54) is 45.1 Å². The topological polar surface area (TPSA) is 199 Å². The summed E-state index contributed by atoms with van der Waals surface area (Å²) in [5, 5.41) is 24.8. The molecule has 0 aliphatic carbocycles. The Balaban J connectivity index is 1.47. The first kappa shape index (κ1) is 26.8. The number of carbonyl (C=O) groups excluding carboxylic acids is 3. The Morgan fingerprint density at radius 3 is 2.84 bits per heavy atom. The van der Waals surface area contributed by atoms with Gasteiger partial charge in [0, 0.05) is 16.9 Å². The SMILES string of the molecule is CCOC(=O)CON=C(C(=O)NC1C(=O)N2C(C(=O)O)=C(CSc3nncs3)CS[C@@H]12)c1csc(N)n1. The van der Waals surface area contributed by atoms with Crippen LogP contribution in [-0.4, -0.2) is 90.8 Å². The number of nitrogens with zero attached hydrogens (tertiary/aromatic N) is 5. The number of hydrogen-bond acceptors (Lipinski definition) is 15. The van der Waals surface area contributed by atoms with Crippen LogP contribution < -0.4 is 11.1 Å². The van der Waals surface area contributed by atoms with Crippen molar-refractivity contribution < 1.29 is 33.9 Å². The lowest BCUT2D eigenvalue weighted by molar-refractivity contribution is -0.150. The van der Waals surface area contributed by atoms with Crippen molar-refractivity contribution in [3.8, 4) is 0 Å². The summed E-state index contributed by atoms with van der Waals surface area (Å²) >= 11 is 5.06. The highest BCUT2D eigenvalue weighted by Gasteiger charge is 2.54. The molecule has 2 atom stereocenters. The number of oxime groups is 1. The number of anilines is 1. The molecule has 2 amide bonds. The lowest BCUT2D eigenvalue weighted by atomic mass is 10.0. The van der Waals surface area contributed by atoms with Crippen LogP contribution in [0.1, 0.15) is 12.6 Å². The minimum absolute atomic E-state index is 0.0888. The summed E-state index contributed by atoms with van der Waals surface area (Å²) in [4.78, 5) is 59.7. The molecule has 2 aromatic rings. The number of nitrogens with one attached hydrogen (secondary N) is 1. The number of rotatable bonds is 11. The summed E-state index contributed by atoms with van der Waals surface area (Å²) in [6.07, 6.45) is 0. The first-order valence-electron chi connectivity index (χ1n) is 10.5. The Bertz CT molecular complexity index is 1260. The Morgan fingerprint density at radius 2 is 2.19 bits per heavy atom. The van der Waals surface area contributed by atoms with Gasteiger partial charge < -0.3 is 25.7 Å². The second-order valence-corrected chi connectivity index (χ2v) is 11.3. The highest BCUT2D eigenvalue weighted by Crippen LogP contribution is 2.41. The standard InChI is InChI=1S/C19H19N7O7S4/c1-2-32-10(27)3-33-25-11(9-6-35-18(20)22-9)14(28)23-12-15(29)26-13(17(30)31)8(4-34-16(12)26)5-36-19-24-21-7-37-19/h6-7,12,16H,2-5H2,1H3,(H2,20,22)(H,23,28)(H,30,31)/t12?,16-/m0/s1. The molecule has 4 heterocycles. The quantitative estimate of drug-likeness (QED) is 0.108. The molecule has 0 bridgehead atoms. The predicted molar refractivity (Wildman–Crippen MR) is 136 cm³/mol. The number of β-lactam (4-membered cyclic amide) rings is 1. The summed E-state index contributed by atoms with van der Waals surface area (Å²) in [5.74, 6) is -2.61. The molecule has 1 unspecified atom stereocenters. The minimum atomic E-state index is -1.23. The fraction of sp³-hybridized carbons (Fsp3) is 0.368. The third-order valence-electron chi connectivity index (χ3n) is 4.87. The van der Waals surface area contributed by atoms with Crippen molar-refractivity contribution in [2.24, 2.45) is 5.16 Å². The van der Waals surface area contributed by atoms with E-state index in [0.717, 1.165) is 11.3 Å². The van der Waals surface area contributed by atoms with Crippen LogP contribution in [-0.2, 0) is 28.8 Å². The van der Waals surface area contributed by atoms with E-state index in [-0.39, 0.29) is 28.8 Å². The largest absolute Gasteiger partial charge is 0.477 e. The number of carboxylic acids is 1. The second kappa shape index (κ2) is 11.9. The van der Waals surface area contributed by atoms with E-state index >= 15 is 0 Å². The molecule has 0 radical (unpaired) electrons. The van der Waals surface area contributed by atoms with E-state index in [4.69, 9.17) is 15.3 Å². The Morgan fingerprint density at radius 1 is 1.38 bits per heavy atom. The zero-order valence-corrected chi connectivity index (χ0v) is 22.2. The Hall–Kier alpha value is -3.22. The molecule has 2 aliphatic heterocycles. The number of thioether (sulfide) groups is 2. The fourth-order valence-corrected chi connectivity index (χ4v) is 6.85. The molecule has 0 saturated carbocycles. The number of nitrogen functional groups attached to an aromatic ring is 1. The molecule has 18 heteroatoms. The number of aliphatic carboxylic acids is 1. The first-order chi connectivity index (χ1) is 17.8. The molecule has 0 spiro atoms. The molecular weight excluding hydrogens is 567 g/mol. The van der Waals surface area contributed by atoms with Gasteiger partial charge in [-0.3, -0.25) is 14.5 Å². The molecule has 2 aromatic heterocycles. The summed E-state index contributed by atoms with van der Waals surface area (Å²) < 4.78 is 5.44. The summed E-state index contributed by atoms with van der Waals surface area (Å²) in [6, 6.07) is -1.00. The van der Waals surface area contributed by atoms with Gasteiger partial charge in [0.25, 0.3) is 11.8 Å². The predicted octanol–water partition coefficient (Wildman–Crippen LogP) is 0.392. The molecule has 2 aliphatic rings. The van der Waals surface area contributed by atoms with Crippen LogP contribution >= 0.6 is 46.2 Å². The van der Waals surface area contributed by atoms with E-state index in [9.17, 15) is 24.3 Å².